The van der Waals surface area contributed by atoms with Gasteiger partial charge in [0.25, 0.3) is 5.91 Å². The van der Waals surface area contributed by atoms with Gasteiger partial charge in [0.05, 0.1) is 11.7 Å². The number of nitrogens with two attached hydrogens (primary N) is 1. The number of pyridine rings is 2. The van der Waals surface area contributed by atoms with E-state index < -0.39 is 8.32 Å². The molecule has 2 aromatic heterocycles. The molecule has 0 aliphatic rings. The molecule has 0 radical (unpaired) electrons. The lowest BCUT2D eigenvalue weighted by molar-refractivity contribution is 0.0958. The van der Waals surface area contributed by atoms with Crippen LogP contribution in [0.1, 0.15) is 54.9 Å². The number of benzene rings is 1. The molecule has 9 nitrogen and oxygen atoms in total. The van der Waals surface area contributed by atoms with Crippen molar-refractivity contribution in [2.45, 2.75) is 62.7 Å². The number of carbonyl (C=O) groups excluding carboxylic acids is 1. The first-order chi connectivity index (χ1) is 19.8. The lowest BCUT2D eigenvalue weighted by Crippen LogP contribution is -2.44. The van der Waals surface area contributed by atoms with E-state index in [4.69, 9.17) is 14.9 Å². The maximum absolute atomic E-state index is 12.0. The Morgan fingerprint density at radius 1 is 1.26 bits per heavy atom. The molecule has 0 bridgehead atoms. The summed E-state index contributed by atoms with van der Waals surface area (Å²) in [6.07, 6.45) is 3.16. The molecule has 0 aliphatic carbocycles. The number of nitrogen functional groups attached to an aromatic ring is 1. The third-order valence-corrected chi connectivity index (χ3v) is 12.8. The number of hydrogen-bond acceptors (Lipinski definition) is 9. The van der Waals surface area contributed by atoms with Crippen LogP contribution in [0.25, 0.3) is 11.1 Å². The van der Waals surface area contributed by atoms with E-state index >= 15 is 0 Å². The van der Waals surface area contributed by atoms with Gasteiger partial charge in [-0.25, -0.2) is 4.98 Å². The molecule has 11 heteroatoms. The molecule has 3 N–H and O–H groups in total. The van der Waals surface area contributed by atoms with Crippen LogP contribution in [0.5, 0.6) is 5.75 Å². The fourth-order valence-corrected chi connectivity index (χ4v) is 6.34. The minimum Gasteiger partial charge on any atom is -0.491 e. The van der Waals surface area contributed by atoms with Crippen molar-refractivity contribution in [3.8, 4) is 22.9 Å². The second kappa shape index (κ2) is 14.0. The highest BCUT2D eigenvalue weighted by Crippen LogP contribution is 2.38. The van der Waals surface area contributed by atoms with Crippen molar-refractivity contribution in [2.24, 2.45) is 4.99 Å². The van der Waals surface area contributed by atoms with Crippen LogP contribution in [0.4, 0.5) is 5.82 Å². The summed E-state index contributed by atoms with van der Waals surface area (Å²) in [6.45, 7) is 13.6. The minimum absolute atomic E-state index is 0.0458. The van der Waals surface area contributed by atoms with Crippen LogP contribution in [0, 0.1) is 11.3 Å². The highest BCUT2D eigenvalue weighted by atomic mass is 32.2. The molecule has 1 aromatic carbocycles. The van der Waals surface area contributed by atoms with Gasteiger partial charge in [-0.1, -0.05) is 32.9 Å². The largest absolute Gasteiger partial charge is 0.491 e. The molecular weight excluding hydrogens is 565 g/mol. The van der Waals surface area contributed by atoms with E-state index in [-0.39, 0.29) is 22.9 Å². The van der Waals surface area contributed by atoms with E-state index in [1.165, 1.54) is 11.8 Å². The van der Waals surface area contributed by atoms with Crippen molar-refractivity contribution in [3.05, 3.63) is 65.0 Å². The molecule has 0 aliphatic heterocycles. The number of nitriles is 1. The van der Waals surface area contributed by atoms with Crippen molar-refractivity contribution in [2.75, 3.05) is 26.4 Å². The van der Waals surface area contributed by atoms with E-state index in [1.54, 1.807) is 32.6 Å². The number of thioether (sulfide) groups is 1. The molecule has 222 valence electrons. The number of amides is 1. The number of anilines is 1. The van der Waals surface area contributed by atoms with Crippen molar-refractivity contribution in [1.82, 2.24) is 15.3 Å². The monoisotopic (exact) mass is 604 g/mol. The molecule has 1 amide bonds. The molecule has 2 heterocycles. The number of nitrogens with zero attached hydrogens (tertiary/aromatic N) is 4. The predicted octanol–water partition coefficient (Wildman–Crippen LogP) is 6.09. The van der Waals surface area contributed by atoms with E-state index in [0.29, 0.717) is 45.5 Å². The van der Waals surface area contributed by atoms with Crippen molar-refractivity contribution in [3.63, 3.8) is 0 Å². The normalized spacial score (nSPS) is 12.6. The standard InChI is InChI=1S/C31H40N6O3SSi/c1-20(40-42(7,8)31(2,3)4)18-39-23-11-9-22(10-12-23)27-24(16-32)30(37-28(33)25(27)17-34-5)41-19-21-13-14-36-26(15-21)29(38)35-6/h9-15,17,20H,18-19H2,1-8H3,(H2,33,37)(H,35,38). The van der Waals surface area contributed by atoms with Gasteiger partial charge < -0.3 is 20.2 Å². The zero-order valence-corrected chi connectivity index (χ0v) is 27.4. The van der Waals surface area contributed by atoms with Gasteiger partial charge in [0.2, 0.25) is 0 Å². The average molecular weight is 605 g/mol. The Kier molecular flexibility index (Phi) is 10.9. The Balaban J connectivity index is 1.87. The molecular formula is C31H40N6O3SSi. The fourth-order valence-electron chi connectivity index (χ4n) is 3.98. The third-order valence-electron chi connectivity index (χ3n) is 7.19. The van der Waals surface area contributed by atoms with Crippen LogP contribution in [0.15, 0.2) is 52.6 Å². The van der Waals surface area contributed by atoms with Crippen molar-refractivity contribution >= 4 is 38.0 Å². The van der Waals surface area contributed by atoms with Gasteiger partial charge in [0.15, 0.2) is 8.32 Å². The summed E-state index contributed by atoms with van der Waals surface area (Å²) in [6, 6.07) is 13.4. The maximum atomic E-state index is 12.0. The van der Waals surface area contributed by atoms with Gasteiger partial charge in [0, 0.05) is 43.4 Å². The van der Waals surface area contributed by atoms with Gasteiger partial charge >= 0.3 is 0 Å². The number of carbonyl (C=O) groups is 1. The van der Waals surface area contributed by atoms with Gasteiger partial charge in [-0.3, -0.25) is 14.8 Å². The summed E-state index contributed by atoms with van der Waals surface area (Å²) < 4.78 is 12.5. The van der Waals surface area contributed by atoms with Crippen LogP contribution in [-0.2, 0) is 10.2 Å². The topological polar surface area (TPSA) is 136 Å². The van der Waals surface area contributed by atoms with Gasteiger partial charge in [-0.15, -0.1) is 11.8 Å². The Morgan fingerprint density at radius 3 is 2.55 bits per heavy atom. The Bertz CT molecular complexity index is 1480. The fraction of sp³-hybridized carbons (Fsp3) is 0.387. The smallest absolute Gasteiger partial charge is 0.269 e. The number of aromatic nitrogens is 2. The van der Waals surface area contributed by atoms with Crippen LogP contribution in [0.2, 0.25) is 18.1 Å². The first-order valence-corrected chi connectivity index (χ1v) is 17.6. The molecule has 0 saturated heterocycles. The molecule has 0 fully saturated rings. The second-order valence-electron chi connectivity index (χ2n) is 11.4. The zero-order chi connectivity index (χ0) is 31.1. The predicted molar refractivity (Wildman–Crippen MR) is 173 cm³/mol. The Morgan fingerprint density at radius 2 is 1.95 bits per heavy atom. The van der Waals surface area contributed by atoms with E-state index in [1.807, 2.05) is 37.3 Å². The SMILES string of the molecule is CN=Cc1c(N)nc(SCc2ccnc(C(=O)NC)c2)c(C#N)c1-c1ccc(OCC(C)O[Si](C)(C)C(C)(C)C)cc1. The molecule has 1 atom stereocenters. The van der Waals surface area contributed by atoms with Crippen molar-refractivity contribution < 1.29 is 14.0 Å². The van der Waals surface area contributed by atoms with E-state index in [9.17, 15) is 10.1 Å². The van der Waals surface area contributed by atoms with Crippen LogP contribution in [0.3, 0.4) is 0 Å². The summed E-state index contributed by atoms with van der Waals surface area (Å²) in [5.74, 6) is 1.18. The molecule has 3 rings (SSSR count). The molecule has 1 unspecified atom stereocenters. The highest BCUT2D eigenvalue weighted by molar-refractivity contribution is 7.98. The molecule has 0 spiro atoms. The lowest BCUT2D eigenvalue weighted by Gasteiger charge is -2.38. The zero-order valence-electron chi connectivity index (χ0n) is 25.6. The maximum Gasteiger partial charge on any atom is 0.269 e. The summed E-state index contributed by atoms with van der Waals surface area (Å²) in [7, 11) is 1.31. The van der Waals surface area contributed by atoms with E-state index in [2.05, 4.69) is 60.2 Å². The van der Waals surface area contributed by atoms with Crippen molar-refractivity contribution in [1.29, 1.82) is 5.26 Å². The summed E-state index contributed by atoms with van der Waals surface area (Å²) in [5, 5.41) is 13.4. The number of nitrogens with one attached hydrogen (secondary N) is 1. The average Bonchev–Trinajstić information content (AvgIpc) is 2.95. The van der Waals surface area contributed by atoms with Gasteiger partial charge in [-0.2, -0.15) is 5.26 Å². The first-order valence-electron chi connectivity index (χ1n) is 13.7. The minimum atomic E-state index is -1.90. The lowest BCUT2D eigenvalue weighted by atomic mass is 9.96. The Labute approximate surface area is 254 Å². The molecule has 42 heavy (non-hydrogen) atoms. The number of rotatable bonds is 11. The van der Waals surface area contributed by atoms with Gasteiger partial charge in [-0.05, 0) is 60.4 Å². The quantitative estimate of drug-likeness (QED) is 0.153. The van der Waals surface area contributed by atoms with Crippen LogP contribution >= 0.6 is 11.8 Å². The number of aliphatic imine (C=N–C) groups is 1. The summed E-state index contributed by atoms with van der Waals surface area (Å²) >= 11 is 1.37. The molecule has 0 saturated carbocycles. The Hall–Kier alpha value is -3.72. The van der Waals surface area contributed by atoms with Gasteiger partial charge in [0.1, 0.15) is 35.0 Å². The summed E-state index contributed by atoms with van der Waals surface area (Å²) in [4.78, 5) is 24.8. The van der Waals surface area contributed by atoms with E-state index in [0.717, 1.165) is 11.1 Å². The summed E-state index contributed by atoms with van der Waals surface area (Å²) in [5.41, 5.74) is 10.00. The third kappa shape index (κ3) is 7.97. The highest BCUT2D eigenvalue weighted by Gasteiger charge is 2.38. The first kappa shape index (κ1) is 32.8. The van der Waals surface area contributed by atoms with Crippen LogP contribution in [-0.4, -0.2) is 57.2 Å². The number of ether oxygens (including phenoxy) is 1. The second-order valence-corrected chi connectivity index (χ2v) is 17.1. The molecule has 3 aromatic rings. The van der Waals surface area contributed by atoms with Crippen LogP contribution < -0.4 is 15.8 Å². The number of hydrogen-bond donors (Lipinski definition) is 2.